The molecular formula is C46H48N2O8. The van der Waals surface area contributed by atoms with Crippen LogP contribution in [0, 0.1) is 0 Å². The molecular weight excluding hydrogens is 709 g/mol. The minimum Gasteiger partial charge on any atom is -0.508 e. The third-order valence-electron chi connectivity index (χ3n) is 11.2. The highest BCUT2D eigenvalue weighted by molar-refractivity contribution is 5.83. The Balaban J connectivity index is 1.23. The molecule has 0 spiro atoms. The molecule has 0 saturated heterocycles. The van der Waals surface area contributed by atoms with E-state index in [4.69, 9.17) is 18.9 Å². The molecule has 0 bridgehead atoms. The molecule has 2 heterocycles. The first-order chi connectivity index (χ1) is 27.4. The fourth-order valence-electron chi connectivity index (χ4n) is 8.46. The van der Waals surface area contributed by atoms with Crippen LogP contribution in [0.5, 0.6) is 28.7 Å². The topological polar surface area (TPSA) is 142 Å². The van der Waals surface area contributed by atoms with Crippen LogP contribution in [-0.4, -0.2) is 73.3 Å². The fourth-order valence-corrected chi connectivity index (χ4v) is 8.46. The Morgan fingerprint density at radius 2 is 1.71 bits per heavy atom. The zero-order valence-electron chi connectivity index (χ0n) is 31.7. The minimum absolute atomic E-state index is 0.00903. The molecule has 290 valence electrons. The van der Waals surface area contributed by atoms with Crippen LogP contribution in [0.4, 0.5) is 0 Å². The van der Waals surface area contributed by atoms with Crippen LogP contribution in [-0.2, 0) is 36.8 Å². The Hall–Kier alpha value is -5.39. The van der Waals surface area contributed by atoms with E-state index in [9.17, 15) is 20.4 Å². The monoisotopic (exact) mass is 756 g/mol. The van der Waals surface area contributed by atoms with Gasteiger partial charge in [-0.3, -0.25) is 10.3 Å². The van der Waals surface area contributed by atoms with Crippen LogP contribution in [0.3, 0.4) is 0 Å². The summed E-state index contributed by atoms with van der Waals surface area (Å²) in [4.78, 5) is 4.57. The Kier molecular flexibility index (Phi) is 11.0. The molecule has 2 aliphatic heterocycles. The molecule has 0 amide bonds. The fraction of sp³-hybridized carbons (Fsp3) is 0.326. The molecule has 5 N–H and O–H groups in total. The van der Waals surface area contributed by atoms with Gasteiger partial charge in [-0.05, 0) is 119 Å². The average molecular weight is 757 g/mol. The van der Waals surface area contributed by atoms with Gasteiger partial charge in [-0.15, -0.1) is 0 Å². The summed E-state index contributed by atoms with van der Waals surface area (Å²) in [5.41, 5.74) is 8.70. The van der Waals surface area contributed by atoms with E-state index in [-0.39, 0.29) is 30.6 Å². The molecule has 3 unspecified atom stereocenters. The number of nitrogens with one attached hydrogen (secondary N) is 1. The first-order valence-corrected chi connectivity index (χ1v) is 19.3. The largest absolute Gasteiger partial charge is 0.508 e. The number of hydrogen-bond donors (Lipinski definition) is 5. The van der Waals surface area contributed by atoms with Crippen molar-refractivity contribution in [2.24, 2.45) is 4.99 Å². The lowest BCUT2D eigenvalue weighted by atomic mass is 9.73. The van der Waals surface area contributed by atoms with Crippen LogP contribution in [0.15, 0.2) is 89.9 Å². The van der Waals surface area contributed by atoms with Crippen molar-refractivity contribution >= 4 is 6.08 Å². The van der Waals surface area contributed by atoms with Crippen molar-refractivity contribution in [3.8, 4) is 39.9 Å². The minimum atomic E-state index is -0.858. The van der Waals surface area contributed by atoms with Gasteiger partial charge in [-0.1, -0.05) is 48.5 Å². The Labute approximate surface area is 326 Å². The van der Waals surface area contributed by atoms with Gasteiger partial charge in [-0.25, -0.2) is 0 Å². The summed E-state index contributed by atoms with van der Waals surface area (Å²) in [5, 5.41) is 47.6. The van der Waals surface area contributed by atoms with Crippen molar-refractivity contribution in [3.05, 3.63) is 134 Å². The standard InChI is InChI=1S/C46H48N2O8/c1-47-26-54-43-22-37-38-19-31(17-28-9-13-39-29(16-28)14-15-48-39)36-21-33(51)11-12-35(36)44(38)41(55-34(24-49)25-50)23-40(37)56-46(43)32-18-30(45(52)42(20-32)53-2)10-8-27-6-4-3-5-7-27/h3-7,9,11-14,16,18,20-21,23,31,34,43,46-47,49-52H,8,10,15,17,19,22,24-26H2,1-2H3. The second kappa shape index (κ2) is 16.4. The summed E-state index contributed by atoms with van der Waals surface area (Å²) >= 11 is 0. The summed E-state index contributed by atoms with van der Waals surface area (Å²) < 4.78 is 25.6. The van der Waals surface area contributed by atoms with Crippen molar-refractivity contribution in [2.75, 3.05) is 40.6 Å². The number of aryl methyl sites for hydroxylation is 2. The van der Waals surface area contributed by atoms with E-state index in [1.54, 1.807) is 13.2 Å². The molecule has 56 heavy (non-hydrogen) atoms. The van der Waals surface area contributed by atoms with E-state index in [2.05, 4.69) is 46.7 Å². The second-order valence-corrected chi connectivity index (χ2v) is 14.8. The molecule has 10 heteroatoms. The lowest BCUT2D eigenvalue weighted by Gasteiger charge is -2.38. The van der Waals surface area contributed by atoms with E-state index in [1.165, 1.54) is 5.56 Å². The van der Waals surface area contributed by atoms with Crippen molar-refractivity contribution < 1.29 is 39.4 Å². The van der Waals surface area contributed by atoms with Gasteiger partial charge < -0.3 is 39.4 Å². The number of methoxy groups -OCH3 is 1. The first-order valence-electron chi connectivity index (χ1n) is 19.3. The lowest BCUT2D eigenvalue weighted by Crippen LogP contribution is -2.36. The van der Waals surface area contributed by atoms with Gasteiger partial charge in [-0.2, -0.15) is 0 Å². The number of phenolic OH excluding ortho intramolecular Hbond substituents is 2. The number of aromatic hydroxyl groups is 2. The summed E-state index contributed by atoms with van der Waals surface area (Å²) in [5.74, 6) is 1.75. The number of rotatable bonds is 14. The number of ether oxygens (including phenoxy) is 4. The van der Waals surface area contributed by atoms with Crippen molar-refractivity contribution in [1.82, 2.24) is 5.32 Å². The molecule has 1 aliphatic carbocycles. The van der Waals surface area contributed by atoms with Crippen LogP contribution in [0.2, 0.25) is 0 Å². The van der Waals surface area contributed by atoms with Crippen molar-refractivity contribution in [1.29, 1.82) is 0 Å². The third-order valence-corrected chi connectivity index (χ3v) is 11.2. The number of phenols is 2. The summed E-state index contributed by atoms with van der Waals surface area (Å²) in [6, 6.07) is 27.7. The Morgan fingerprint density at radius 3 is 2.50 bits per heavy atom. The lowest BCUT2D eigenvalue weighted by molar-refractivity contribution is -0.0430. The summed E-state index contributed by atoms with van der Waals surface area (Å²) in [6.45, 7) is 0.225. The maximum Gasteiger partial charge on any atom is 0.161 e. The molecule has 3 aliphatic rings. The zero-order chi connectivity index (χ0) is 38.8. The average Bonchev–Trinajstić information content (AvgIpc) is 3.70. The van der Waals surface area contributed by atoms with E-state index in [1.807, 2.05) is 55.6 Å². The number of aliphatic hydroxyl groups excluding tert-OH is 2. The molecule has 0 radical (unpaired) electrons. The molecule has 5 aromatic carbocycles. The second-order valence-electron chi connectivity index (χ2n) is 14.8. The Bertz CT molecular complexity index is 2340. The highest BCUT2D eigenvalue weighted by atomic mass is 16.6. The maximum atomic E-state index is 11.2. The number of benzene rings is 5. The summed E-state index contributed by atoms with van der Waals surface area (Å²) in [6.07, 6.45) is 3.50. The number of nitrogens with zero attached hydrogens (tertiary/aromatic N) is 1. The highest BCUT2D eigenvalue weighted by Gasteiger charge is 2.39. The molecule has 5 aromatic rings. The zero-order valence-corrected chi connectivity index (χ0v) is 31.7. The quantitative estimate of drug-likeness (QED) is 0.101. The van der Waals surface area contributed by atoms with Gasteiger partial charge in [0.2, 0.25) is 0 Å². The maximum absolute atomic E-state index is 11.2. The van der Waals surface area contributed by atoms with E-state index in [0.29, 0.717) is 49.8 Å². The van der Waals surface area contributed by atoms with Gasteiger partial charge in [0.25, 0.3) is 0 Å². The van der Waals surface area contributed by atoms with Gasteiger partial charge in [0.1, 0.15) is 29.5 Å². The van der Waals surface area contributed by atoms with E-state index >= 15 is 0 Å². The number of hydrogen-bond acceptors (Lipinski definition) is 10. The number of fused-ring (bicyclic) bond motifs is 6. The first kappa shape index (κ1) is 37.5. The van der Waals surface area contributed by atoms with Crippen LogP contribution < -0.4 is 30.1 Å². The predicted octanol–water partition coefficient (Wildman–Crippen LogP) is 4.83. The molecule has 10 nitrogen and oxygen atoms in total. The van der Waals surface area contributed by atoms with Gasteiger partial charge >= 0.3 is 0 Å². The summed E-state index contributed by atoms with van der Waals surface area (Å²) in [7, 11) is 3.38. The molecule has 3 atom stereocenters. The van der Waals surface area contributed by atoms with E-state index < -0.39 is 18.3 Å². The molecule has 0 fully saturated rings. The van der Waals surface area contributed by atoms with Crippen molar-refractivity contribution in [2.45, 2.75) is 56.3 Å². The highest BCUT2D eigenvalue weighted by Crippen LogP contribution is 2.53. The van der Waals surface area contributed by atoms with Crippen LogP contribution in [0.25, 0.3) is 17.2 Å². The Morgan fingerprint density at radius 1 is 0.875 bits per heavy atom. The van der Waals surface area contributed by atoms with Gasteiger partial charge in [0.15, 0.2) is 17.6 Å². The normalized spacial score (nSPS) is 17.8. The van der Waals surface area contributed by atoms with Gasteiger partial charge in [0.05, 0.1) is 39.0 Å². The third kappa shape index (κ3) is 7.45. The van der Waals surface area contributed by atoms with E-state index in [0.717, 1.165) is 67.9 Å². The van der Waals surface area contributed by atoms with Gasteiger partial charge in [0, 0.05) is 23.6 Å². The van der Waals surface area contributed by atoms with Crippen molar-refractivity contribution in [3.63, 3.8) is 0 Å². The molecule has 0 saturated carbocycles. The number of aliphatic hydroxyl groups is 2. The predicted molar refractivity (Wildman–Crippen MR) is 213 cm³/mol. The van der Waals surface area contributed by atoms with Crippen LogP contribution >= 0.6 is 0 Å². The SMILES string of the molecule is CNCOC1Cc2c(cc(OC(CO)CO)c3c2CC(Cc2ccc4c(c2)=CCN=4)c2cc(O)ccc2-3)OC1c1cc(CCc2ccccc2)c(O)c(OC)c1. The smallest absolute Gasteiger partial charge is 0.161 e. The molecule has 0 aromatic heterocycles. The van der Waals surface area contributed by atoms with Crippen LogP contribution in [0.1, 0.15) is 51.0 Å². The molecule has 8 rings (SSSR count).